The fourth-order valence-electron chi connectivity index (χ4n) is 3.11. The molecule has 3 aromatic carbocycles. The van der Waals surface area contributed by atoms with E-state index in [9.17, 15) is 18.0 Å². The summed E-state index contributed by atoms with van der Waals surface area (Å²) in [4.78, 5) is 25.1. The Morgan fingerprint density at radius 1 is 0.903 bits per heavy atom. The second kappa shape index (κ2) is 9.72. The van der Waals surface area contributed by atoms with Crippen molar-refractivity contribution in [3.8, 4) is 0 Å². The summed E-state index contributed by atoms with van der Waals surface area (Å²) < 4.78 is 27.9. The van der Waals surface area contributed by atoms with Gasteiger partial charge in [0.2, 0.25) is 15.9 Å². The number of anilines is 1. The third-order valence-electron chi connectivity index (χ3n) is 4.75. The third-order valence-corrected chi connectivity index (χ3v) is 6.27. The highest BCUT2D eigenvalue weighted by Gasteiger charge is 2.20. The smallest absolute Gasteiger partial charge is 0.251 e. The molecule has 0 spiro atoms. The van der Waals surface area contributed by atoms with Gasteiger partial charge in [0, 0.05) is 28.6 Å². The fraction of sp³-hybridized carbons (Fsp3) is 0.217. The van der Waals surface area contributed by atoms with Crippen LogP contribution >= 0.6 is 0 Å². The summed E-state index contributed by atoms with van der Waals surface area (Å²) >= 11 is 0. The van der Waals surface area contributed by atoms with Crippen molar-refractivity contribution >= 4 is 38.3 Å². The van der Waals surface area contributed by atoms with Crippen LogP contribution in [0.4, 0.5) is 5.69 Å². The first-order valence-electron chi connectivity index (χ1n) is 10.0. The summed E-state index contributed by atoms with van der Waals surface area (Å²) in [5, 5.41) is 6.56. The molecular weight excluding hydrogens is 414 g/mol. The zero-order valence-electron chi connectivity index (χ0n) is 17.4. The number of nitrogens with one attached hydrogen (secondary N) is 3. The molecule has 8 heteroatoms. The van der Waals surface area contributed by atoms with Crippen LogP contribution in [-0.2, 0) is 14.8 Å². The maximum absolute atomic E-state index is 12.7. The van der Waals surface area contributed by atoms with Crippen LogP contribution in [0.25, 0.3) is 10.8 Å². The summed E-state index contributed by atoms with van der Waals surface area (Å²) in [7, 11) is -3.68. The monoisotopic (exact) mass is 439 g/mol. The Balaban J connectivity index is 1.82. The van der Waals surface area contributed by atoms with Gasteiger partial charge in [0.15, 0.2) is 0 Å². The number of fused-ring (bicyclic) bond motifs is 1. The van der Waals surface area contributed by atoms with E-state index in [1.165, 1.54) is 6.07 Å². The van der Waals surface area contributed by atoms with E-state index in [2.05, 4.69) is 15.4 Å². The van der Waals surface area contributed by atoms with Crippen molar-refractivity contribution in [3.63, 3.8) is 0 Å². The lowest BCUT2D eigenvalue weighted by atomic mass is 10.1. The summed E-state index contributed by atoms with van der Waals surface area (Å²) in [5.74, 6) is -0.759. The molecule has 0 saturated carbocycles. The Labute approximate surface area is 181 Å². The van der Waals surface area contributed by atoms with E-state index in [0.29, 0.717) is 35.0 Å². The number of benzene rings is 3. The van der Waals surface area contributed by atoms with Gasteiger partial charge in [-0.3, -0.25) is 9.59 Å². The second-order valence-corrected chi connectivity index (χ2v) is 8.84. The van der Waals surface area contributed by atoms with Gasteiger partial charge in [-0.1, -0.05) is 49.4 Å². The van der Waals surface area contributed by atoms with E-state index in [1.807, 2.05) is 6.92 Å². The van der Waals surface area contributed by atoms with Crippen molar-refractivity contribution in [2.24, 2.45) is 0 Å². The number of rotatable bonds is 8. The minimum absolute atomic E-state index is 0.153. The van der Waals surface area contributed by atoms with E-state index >= 15 is 0 Å². The number of carbonyl (C=O) groups is 2. The van der Waals surface area contributed by atoms with Gasteiger partial charge < -0.3 is 10.6 Å². The van der Waals surface area contributed by atoms with Crippen LogP contribution in [0.3, 0.4) is 0 Å². The standard InChI is InChI=1S/C23H25N3O4S/c1-3-15-24-31(29,30)21-14-8-11-18-19(21)12-7-13-20(18)26-22(27)16(2)25-23(28)17-9-5-4-6-10-17/h4-14,16,24H,3,15H2,1-2H3,(H,25,28)(H,26,27). The molecule has 0 saturated heterocycles. The molecule has 3 aromatic rings. The average Bonchev–Trinajstić information content (AvgIpc) is 2.78. The van der Waals surface area contributed by atoms with E-state index in [-0.39, 0.29) is 10.8 Å². The molecule has 0 aliphatic carbocycles. The van der Waals surface area contributed by atoms with Crippen LogP contribution in [0.5, 0.6) is 0 Å². The highest BCUT2D eigenvalue weighted by molar-refractivity contribution is 7.89. The third kappa shape index (κ3) is 5.28. The fourth-order valence-corrected chi connectivity index (χ4v) is 4.47. The Bertz CT molecular complexity index is 1190. The van der Waals surface area contributed by atoms with Crippen LogP contribution in [0, 0.1) is 0 Å². The van der Waals surface area contributed by atoms with Crippen LogP contribution in [0.2, 0.25) is 0 Å². The van der Waals surface area contributed by atoms with Crippen molar-refractivity contribution in [2.75, 3.05) is 11.9 Å². The summed E-state index contributed by atoms with van der Waals surface area (Å²) in [6.45, 7) is 3.82. The molecule has 2 amide bonds. The van der Waals surface area contributed by atoms with E-state index in [1.54, 1.807) is 67.6 Å². The van der Waals surface area contributed by atoms with Crippen molar-refractivity contribution in [3.05, 3.63) is 72.3 Å². The quantitative estimate of drug-likeness (QED) is 0.501. The van der Waals surface area contributed by atoms with Gasteiger partial charge in [-0.25, -0.2) is 13.1 Å². The number of amides is 2. The first kappa shape index (κ1) is 22.5. The zero-order valence-corrected chi connectivity index (χ0v) is 18.2. The van der Waals surface area contributed by atoms with Gasteiger partial charge in [0.25, 0.3) is 5.91 Å². The highest BCUT2D eigenvalue weighted by Crippen LogP contribution is 2.29. The van der Waals surface area contributed by atoms with E-state index in [4.69, 9.17) is 0 Å². The Kier molecular flexibility index (Phi) is 7.04. The summed E-state index contributed by atoms with van der Waals surface area (Å²) in [6.07, 6.45) is 0.678. The van der Waals surface area contributed by atoms with E-state index < -0.39 is 22.0 Å². The first-order valence-corrected chi connectivity index (χ1v) is 11.5. The Hall–Kier alpha value is -3.23. The van der Waals surface area contributed by atoms with Crippen molar-refractivity contribution in [1.29, 1.82) is 0 Å². The summed E-state index contributed by atoms with van der Waals surface area (Å²) in [6, 6.07) is 17.8. The number of carbonyl (C=O) groups excluding carboxylic acids is 2. The largest absolute Gasteiger partial charge is 0.341 e. The van der Waals surface area contributed by atoms with Gasteiger partial charge >= 0.3 is 0 Å². The first-order chi connectivity index (χ1) is 14.8. The predicted molar refractivity (Wildman–Crippen MR) is 121 cm³/mol. The lowest BCUT2D eigenvalue weighted by Gasteiger charge is -2.16. The predicted octanol–water partition coefficient (Wildman–Crippen LogP) is 3.29. The number of hydrogen-bond donors (Lipinski definition) is 3. The van der Waals surface area contributed by atoms with Crippen LogP contribution in [0.1, 0.15) is 30.6 Å². The van der Waals surface area contributed by atoms with Gasteiger partial charge in [-0.05, 0) is 37.6 Å². The van der Waals surface area contributed by atoms with Crippen LogP contribution in [-0.4, -0.2) is 32.8 Å². The molecule has 7 nitrogen and oxygen atoms in total. The molecule has 0 aliphatic rings. The normalized spacial score (nSPS) is 12.3. The molecule has 3 N–H and O–H groups in total. The molecule has 0 radical (unpaired) electrons. The maximum Gasteiger partial charge on any atom is 0.251 e. The minimum Gasteiger partial charge on any atom is -0.341 e. The molecule has 0 heterocycles. The molecule has 0 aliphatic heterocycles. The maximum atomic E-state index is 12.7. The summed E-state index contributed by atoms with van der Waals surface area (Å²) in [5.41, 5.74) is 0.928. The molecule has 31 heavy (non-hydrogen) atoms. The van der Waals surface area contributed by atoms with Crippen LogP contribution in [0.15, 0.2) is 71.6 Å². The molecule has 1 atom stereocenters. The van der Waals surface area contributed by atoms with Gasteiger partial charge in [0.05, 0.1) is 4.90 Å². The molecule has 0 fully saturated rings. The van der Waals surface area contributed by atoms with Crippen molar-refractivity contribution in [2.45, 2.75) is 31.2 Å². The molecule has 162 valence electrons. The molecule has 1 unspecified atom stereocenters. The molecule has 0 bridgehead atoms. The van der Waals surface area contributed by atoms with Crippen molar-refractivity contribution in [1.82, 2.24) is 10.0 Å². The molecule has 0 aromatic heterocycles. The SMILES string of the molecule is CCCNS(=O)(=O)c1cccc2c(NC(=O)C(C)NC(=O)c3ccccc3)cccc12. The number of sulfonamides is 1. The van der Waals surface area contributed by atoms with Crippen LogP contribution < -0.4 is 15.4 Å². The Morgan fingerprint density at radius 2 is 1.58 bits per heavy atom. The van der Waals surface area contributed by atoms with Gasteiger partial charge in [0.1, 0.15) is 6.04 Å². The van der Waals surface area contributed by atoms with Gasteiger partial charge in [-0.15, -0.1) is 0 Å². The lowest BCUT2D eigenvalue weighted by Crippen LogP contribution is -2.41. The molecule has 3 rings (SSSR count). The zero-order chi connectivity index (χ0) is 22.4. The molecular formula is C23H25N3O4S. The topological polar surface area (TPSA) is 104 Å². The average molecular weight is 440 g/mol. The van der Waals surface area contributed by atoms with Gasteiger partial charge in [-0.2, -0.15) is 0 Å². The lowest BCUT2D eigenvalue weighted by molar-refractivity contribution is -0.117. The Morgan fingerprint density at radius 3 is 2.29 bits per heavy atom. The minimum atomic E-state index is -3.68. The highest BCUT2D eigenvalue weighted by atomic mass is 32.2. The second-order valence-electron chi connectivity index (χ2n) is 7.11. The van der Waals surface area contributed by atoms with E-state index in [0.717, 1.165) is 0 Å². The van der Waals surface area contributed by atoms with Crippen molar-refractivity contribution < 1.29 is 18.0 Å². The number of hydrogen-bond acceptors (Lipinski definition) is 4.